The number of pyridine rings is 1. The molecule has 5 heteroatoms. The van der Waals surface area contributed by atoms with Crippen molar-refractivity contribution in [3.8, 4) is 5.75 Å². The Hall–Kier alpha value is -2.37. The molecular formula is C24H32N2O2Si. The van der Waals surface area contributed by atoms with Gasteiger partial charge in [0.15, 0.2) is 0 Å². The van der Waals surface area contributed by atoms with Crippen molar-refractivity contribution in [2.24, 2.45) is 0 Å². The van der Waals surface area contributed by atoms with Crippen LogP contribution in [0.5, 0.6) is 5.75 Å². The Morgan fingerprint density at radius 2 is 1.79 bits per heavy atom. The van der Waals surface area contributed by atoms with E-state index in [0.29, 0.717) is 6.61 Å². The number of hydrogen-bond acceptors (Lipinski definition) is 3. The van der Waals surface area contributed by atoms with Crippen molar-refractivity contribution in [3.05, 3.63) is 76.1 Å². The van der Waals surface area contributed by atoms with Crippen LogP contribution in [0.25, 0.3) is 10.9 Å². The fourth-order valence-corrected chi connectivity index (χ4v) is 4.96. The molecule has 0 aliphatic carbocycles. The van der Waals surface area contributed by atoms with Crippen LogP contribution in [0, 0.1) is 0 Å². The Morgan fingerprint density at radius 3 is 2.52 bits per heavy atom. The highest BCUT2D eigenvalue weighted by atomic mass is 28.3. The predicted octanol–water partition coefficient (Wildman–Crippen LogP) is 4.74. The maximum absolute atomic E-state index is 12.0. The molecule has 0 amide bonds. The number of nitrogens with one attached hydrogen (secondary N) is 1. The van der Waals surface area contributed by atoms with E-state index in [1.165, 1.54) is 24.9 Å². The number of H-pyrrole nitrogens is 1. The van der Waals surface area contributed by atoms with Gasteiger partial charge >= 0.3 is 0 Å². The van der Waals surface area contributed by atoms with Gasteiger partial charge in [0.2, 0.25) is 5.56 Å². The average molecular weight is 409 g/mol. The standard InChI is InChI=1S/C24H32N2O2Si/c1-4-5-16-26(29(2)3)17-15-20-11-13-22(24-21(20)12-14-23(27)25-24)28-18-19-9-7-6-8-10-19/h6-14,29H,4-5,15-18H2,1-3H3,(H,25,27). The molecule has 2 aromatic carbocycles. The van der Waals surface area contributed by atoms with Crippen LogP contribution in [0.4, 0.5) is 0 Å². The summed E-state index contributed by atoms with van der Waals surface area (Å²) in [6.07, 6.45) is 3.47. The van der Waals surface area contributed by atoms with Gasteiger partial charge in [0.1, 0.15) is 21.3 Å². The van der Waals surface area contributed by atoms with E-state index >= 15 is 0 Å². The summed E-state index contributed by atoms with van der Waals surface area (Å²) >= 11 is 0. The first-order valence-corrected chi connectivity index (χ1v) is 13.5. The number of nitrogens with zero attached hydrogens (tertiary/aromatic N) is 1. The van der Waals surface area contributed by atoms with Crippen LogP contribution in [0.2, 0.25) is 13.1 Å². The molecule has 0 radical (unpaired) electrons. The van der Waals surface area contributed by atoms with Crippen LogP contribution in [0.1, 0.15) is 30.9 Å². The fraction of sp³-hybridized carbons (Fsp3) is 0.375. The van der Waals surface area contributed by atoms with E-state index in [-0.39, 0.29) is 5.56 Å². The van der Waals surface area contributed by atoms with Crippen molar-refractivity contribution >= 4 is 19.9 Å². The first-order valence-electron chi connectivity index (χ1n) is 10.6. The third-order valence-electron chi connectivity index (χ3n) is 5.38. The number of aromatic amines is 1. The molecular weight excluding hydrogens is 376 g/mol. The largest absolute Gasteiger partial charge is 0.487 e. The van der Waals surface area contributed by atoms with Crippen molar-refractivity contribution in [2.75, 3.05) is 13.1 Å². The van der Waals surface area contributed by atoms with Gasteiger partial charge in [0.25, 0.3) is 0 Å². The van der Waals surface area contributed by atoms with E-state index in [1.807, 2.05) is 42.5 Å². The summed E-state index contributed by atoms with van der Waals surface area (Å²) in [6, 6.07) is 17.8. The third kappa shape index (κ3) is 5.81. The van der Waals surface area contributed by atoms with E-state index < -0.39 is 8.96 Å². The lowest BCUT2D eigenvalue weighted by atomic mass is 10.0. The summed E-state index contributed by atoms with van der Waals surface area (Å²) in [5.41, 5.74) is 3.07. The first-order chi connectivity index (χ1) is 14.1. The minimum atomic E-state index is -0.834. The lowest BCUT2D eigenvalue weighted by Gasteiger charge is -2.26. The molecule has 29 heavy (non-hydrogen) atoms. The van der Waals surface area contributed by atoms with Gasteiger partial charge in [0, 0.05) is 11.5 Å². The van der Waals surface area contributed by atoms with Crippen LogP contribution in [-0.2, 0) is 13.0 Å². The van der Waals surface area contributed by atoms with Crippen molar-refractivity contribution < 1.29 is 4.74 Å². The van der Waals surface area contributed by atoms with Gasteiger partial charge in [-0.3, -0.25) is 4.79 Å². The van der Waals surface area contributed by atoms with Gasteiger partial charge in [-0.05, 0) is 49.2 Å². The molecule has 0 fully saturated rings. The summed E-state index contributed by atoms with van der Waals surface area (Å²) in [5.74, 6) is 0.728. The van der Waals surface area contributed by atoms with Crippen molar-refractivity contribution in [3.63, 3.8) is 0 Å². The minimum absolute atomic E-state index is 0.0987. The molecule has 0 unspecified atom stereocenters. The van der Waals surface area contributed by atoms with Gasteiger partial charge in [0.05, 0.1) is 5.52 Å². The van der Waals surface area contributed by atoms with E-state index in [0.717, 1.165) is 35.2 Å². The molecule has 0 aliphatic heterocycles. The predicted molar refractivity (Wildman–Crippen MR) is 124 cm³/mol. The molecule has 4 nitrogen and oxygen atoms in total. The van der Waals surface area contributed by atoms with Crippen LogP contribution in [0.15, 0.2) is 59.4 Å². The van der Waals surface area contributed by atoms with Crippen molar-refractivity contribution in [2.45, 2.75) is 45.9 Å². The van der Waals surface area contributed by atoms with Crippen molar-refractivity contribution in [1.29, 1.82) is 0 Å². The normalized spacial score (nSPS) is 11.5. The van der Waals surface area contributed by atoms with Crippen LogP contribution in [-0.4, -0.2) is 31.6 Å². The average Bonchev–Trinajstić information content (AvgIpc) is 2.73. The second-order valence-electron chi connectivity index (χ2n) is 7.84. The summed E-state index contributed by atoms with van der Waals surface area (Å²) in [4.78, 5) is 15.0. The smallest absolute Gasteiger partial charge is 0.248 e. The highest BCUT2D eigenvalue weighted by Gasteiger charge is 2.13. The van der Waals surface area contributed by atoms with E-state index in [2.05, 4.69) is 35.6 Å². The summed E-state index contributed by atoms with van der Waals surface area (Å²) in [6.45, 7) is 9.78. The van der Waals surface area contributed by atoms with Gasteiger partial charge in [-0.1, -0.05) is 62.8 Å². The van der Waals surface area contributed by atoms with E-state index in [4.69, 9.17) is 4.74 Å². The highest BCUT2D eigenvalue weighted by Crippen LogP contribution is 2.27. The third-order valence-corrected chi connectivity index (χ3v) is 7.36. The SMILES string of the molecule is CCCCN(CCc1ccc(OCc2ccccc2)c2[nH]c(=O)ccc12)[SiH](C)C. The van der Waals surface area contributed by atoms with Crippen LogP contribution in [0.3, 0.4) is 0 Å². The molecule has 1 N–H and O–H groups in total. The summed E-state index contributed by atoms with van der Waals surface area (Å²) in [5, 5.41) is 1.08. The molecule has 0 saturated carbocycles. The van der Waals surface area contributed by atoms with Gasteiger partial charge in [-0.15, -0.1) is 0 Å². The van der Waals surface area contributed by atoms with Crippen LogP contribution >= 0.6 is 0 Å². The molecule has 3 rings (SSSR count). The molecule has 1 heterocycles. The maximum atomic E-state index is 12.0. The molecule has 3 aromatic rings. The molecule has 1 aromatic heterocycles. The van der Waals surface area contributed by atoms with Crippen LogP contribution < -0.4 is 10.3 Å². The van der Waals surface area contributed by atoms with Gasteiger partial charge in [-0.2, -0.15) is 0 Å². The topological polar surface area (TPSA) is 45.3 Å². The lowest BCUT2D eigenvalue weighted by molar-refractivity contribution is 0.309. The monoisotopic (exact) mass is 408 g/mol. The Bertz CT molecular complexity index is 970. The molecule has 0 bridgehead atoms. The second-order valence-corrected chi connectivity index (χ2v) is 10.8. The lowest BCUT2D eigenvalue weighted by Crippen LogP contribution is -2.37. The Morgan fingerprint density at radius 1 is 1.00 bits per heavy atom. The number of benzene rings is 2. The zero-order valence-corrected chi connectivity index (χ0v) is 18.9. The molecule has 0 aliphatic rings. The Balaban J connectivity index is 1.81. The second kappa shape index (κ2) is 10.4. The number of fused-ring (bicyclic) bond motifs is 1. The van der Waals surface area contributed by atoms with Crippen molar-refractivity contribution in [1.82, 2.24) is 9.55 Å². The molecule has 0 spiro atoms. The quantitative estimate of drug-likeness (QED) is 0.493. The minimum Gasteiger partial charge on any atom is -0.487 e. The number of ether oxygens (including phenoxy) is 1. The fourth-order valence-electron chi connectivity index (χ4n) is 3.61. The number of unbranched alkanes of at least 4 members (excludes halogenated alkanes) is 1. The zero-order valence-electron chi connectivity index (χ0n) is 17.8. The zero-order chi connectivity index (χ0) is 20.6. The molecule has 0 saturated heterocycles. The van der Waals surface area contributed by atoms with E-state index in [9.17, 15) is 4.79 Å². The Labute approximate surface area is 175 Å². The Kier molecular flexibility index (Phi) is 7.66. The molecule has 0 atom stereocenters. The first kappa shape index (κ1) is 21.3. The number of rotatable bonds is 10. The van der Waals surface area contributed by atoms with E-state index in [1.54, 1.807) is 6.07 Å². The maximum Gasteiger partial charge on any atom is 0.248 e. The van der Waals surface area contributed by atoms with Gasteiger partial charge in [-0.25, -0.2) is 0 Å². The summed E-state index contributed by atoms with van der Waals surface area (Å²) in [7, 11) is -0.834. The highest BCUT2D eigenvalue weighted by molar-refractivity contribution is 6.52. The summed E-state index contributed by atoms with van der Waals surface area (Å²) < 4.78 is 8.73. The number of hydrogen-bond donors (Lipinski definition) is 1. The molecule has 154 valence electrons. The van der Waals surface area contributed by atoms with Gasteiger partial charge < -0.3 is 14.3 Å². The number of aromatic nitrogens is 1.